The van der Waals surface area contributed by atoms with Crippen molar-refractivity contribution in [3.63, 3.8) is 0 Å². The predicted octanol–water partition coefficient (Wildman–Crippen LogP) is 4.01. The molecule has 1 aliphatic heterocycles. The lowest BCUT2D eigenvalue weighted by molar-refractivity contribution is -0.161. The lowest BCUT2D eigenvalue weighted by Crippen LogP contribution is -2.42. The molecule has 0 aliphatic carbocycles. The Morgan fingerprint density at radius 3 is 2.64 bits per heavy atom. The molecule has 1 aromatic rings. The number of benzene rings is 1. The molecule has 0 unspecified atom stereocenters. The first-order chi connectivity index (χ1) is 11.7. The van der Waals surface area contributed by atoms with Gasteiger partial charge in [-0.15, -0.1) is 0 Å². The second-order valence-electron chi connectivity index (χ2n) is 6.75. The molecule has 1 saturated heterocycles. The zero-order chi connectivity index (χ0) is 18.4. The van der Waals surface area contributed by atoms with Crippen LogP contribution < -0.4 is 0 Å². The molecule has 2 rings (SSSR count). The van der Waals surface area contributed by atoms with E-state index >= 15 is 0 Å². The Kier molecular flexibility index (Phi) is 7.14. The normalized spacial score (nSPS) is 19.0. The van der Waals surface area contributed by atoms with E-state index in [0.29, 0.717) is 11.6 Å². The van der Waals surface area contributed by atoms with Gasteiger partial charge in [-0.1, -0.05) is 23.7 Å². The smallest absolute Gasteiger partial charge is 0.345 e. The highest BCUT2D eigenvalue weighted by atomic mass is 35.5. The van der Waals surface area contributed by atoms with Gasteiger partial charge in [-0.05, 0) is 49.4 Å². The van der Waals surface area contributed by atoms with Gasteiger partial charge in [-0.25, -0.2) is 0 Å². The summed E-state index contributed by atoms with van der Waals surface area (Å²) >= 11 is 5.88. The zero-order valence-electron chi connectivity index (χ0n) is 14.4. The molecular weight excluding hydrogens is 353 g/mol. The fourth-order valence-electron chi connectivity index (χ4n) is 3.24. The van der Waals surface area contributed by atoms with E-state index in [1.54, 1.807) is 0 Å². The lowest BCUT2D eigenvalue weighted by Gasteiger charge is -2.34. The van der Waals surface area contributed by atoms with Gasteiger partial charge in [0.25, 0.3) is 0 Å². The molecule has 1 fully saturated rings. The Hall–Kier alpha value is -1.27. The number of amides is 1. The third-order valence-electron chi connectivity index (χ3n) is 4.54. The van der Waals surface area contributed by atoms with Crippen LogP contribution in [-0.2, 0) is 11.2 Å². The van der Waals surface area contributed by atoms with Crippen molar-refractivity contribution in [3.05, 3.63) is 34.9 Å². The molecule has 0 radical (unpaired) electrons. The Morgan fingerprint density at radius 2 is 2.00 bits per heavy atom. The van der Waals surface area contributed by atoms with E-state index in [4.69, 9.17) is 11.6 Å². The van der Waals surface area contributed by atoms with Crippen LogP contribution in [0.15, 0.2) is 24.3 Å². The first kappa shape index (κ1) is 20.0. The van der Waals surface area contributed by atoms with Gasteiger partial charge in [0.05, 0.1) is 0 Å². The minimum absolute atomic E-state index is 0.223. The van der Waals surface area contributed by atoms with Crippen molar-refractivity contribution in [3.8, 4) is 0 Å². The van der Waals surface area contributed by atoms with Crippen molar-refractivity contribution >= 4 is 17.5 Å². The highest BCUT2D eigenvalue weighted by molar-refractivity contribution is 6.30. The monoisotopic (exact) mass is 376 g/mol. The summed E-state index contributed by atoms with van der Waals surface area (Å²) in [5, 5.41) is 0.716. The van der Waals surface area contributed by atoms with Crippen LogP contribution in [0.2, 0.25) is 5.02 Å². The molecule has 1 heterocycles. The number of carbonyl (C=O) groups is 1. The van der Waals surface area contributed by atoms with Crippen molar-refractivity contribution in [1.29, 1.82) is 0 Å². The molecule has 1 amide bonds. The summed E-state index contributed by atoms with van der Waals surface area (Å²) < 4.78 is 37.0. The van der Waals surface area contributed by atoms with Crippen molar-refractivity contribution in [1.82, 2.24) is 9.80 Å². The van der Waals surface area contributed by atoms with Gasteiger partial charge in [0.15, 0.2) is 0 Å². The van der Waals surface area contributed by atoms with Gasteiger partial charge in [-0.3, -0.25) is 4.79 Å². The first-order valence-electron chi connectivity index (χ1n) is 8.50. The Balaban J connectivity index is 1.78. The number of likely N-dealkylation sites (tertiary alicyclic amines) is 1. The van der Waals surface area contributed by atoms with Gasteiger partial charge >= 0.3 is 6.18 Å². The lowest BCUT2D eigenvalue weighted by atomic mass is 9.97. The van der Waals surface area contributed by atoms with E-state index in [9.17, 15) is 18.0 Å². The molecule has 0 N–H and O–H groups in total. The maximum Gasteiger partial charge on any atom is 0.397 e. The summed E-state index contributed by atoms with van der Waals surface area (Å²) in [4.78, 5) is 15.2. The average Bonchev–Trinajstić information content (AvgIpc) is 2.53. The highest BCUT2D eigenvalue weighted by Crippen LogP contribution is 2.22. The van der Waals surface area contributed by atoms with Crippen LogP contribution in [0.5, 0.6) is 0 Å². The standard InChI is InChI=1S/C18H24ClF3N2O/c1-23(17(25)11-18(20,21)22)12-15-3-2-9-24(13-15)10-8-14-4-6-16(19)7-5-14/h4-7,15H,2-3,8-13H2,1H3/t15-/m0/s1. The topological polar surface area (TPSA) is 23.6 Å². The minimum atomic E-state index is -4.44. The maximum atomic E-state index is 12.3. The number of carbonyl (C=O) groups excluding carboxylic acids is 1. The molecule has 7 heteroatoms. The summed E-state index contributed by atoms with van der Waals surface area (Å²) in [5.74, 6) is -0.632. The van der Waals surface area contributed by atoms with E-state index in [1.807, 2.05) is 24.3 Å². The molecule has 0 spiro atoms. The fraction of sp³-hybridized carbons (Fsp3) is 0.611. The Morgan fingerprint density at radius 1 is 1.32 bits per heavy atom. The molecule has 1 aromatic carbocycles. The van der Waals surface area contributed by atoms with Gasteiger partial charge < -0.3 is 9.80 Å². The van der Waals surface area contributed by atoms with Crippen molar-refractivity contribution < 1.29 is 18.0 Å². The number of piperidine rings is 1. The fourth-order valence-corrected chi connectivity index (χ4v) is 3.36. The third-order valence-corrected chi connectivity index (χ3v) is 4.79. The second-order valence-corrected chi connectivity index (χ2v) is 7.19. The number of nitrogens with zero attached hydrogens (tertiary/aromatic N) is 2. The number of halogens is 4. The zero-order valence-corrected chi connectivity index (χ0v) is 15.1. The number of hydrogen-bond acceptors (Lipinski definition) is 2. The number of hydrogen-bond donors (Lipinski definition) is 0. The minimum Gasteiger partial charge on any atom is -0.345 e. The van der Waals surface area contributed by atoms with Crippen molar-refractivity contribution in [2.45, 2.75) is 31.9 Å². The molecule has 0 saturated carbocycles. The largest absolute Gasteiger partial charge is 0.397 e. The van der Waals surface area contributed by atoms with E-state index < -0.39 is 18.5 Å². The second kappa shape index (κ2) is 8.90. The number of rotatable bonds is 6. The van der Waals surface area contributed by atoms with Crippen LogP contribution in [0.1, 0.15) is 24.8 Å². The van der Waals surface area contributed by atoms with Gasteiger partial charge in [0, 0.05) is 31.7 Å². The molecule has 140 valence electrons. The summed E-state index contributed by atoms with van der Waals surface area (Å²) in [6.07, 6.45) is -2.96. The molecule has 1 atom stereocenters. The van der Waals surface area contributed by atoms with Crippen LogP contribution >= 0.6 is 11.6 Å². The third kappa shape index (κ3) is 7.24. The average molecular weight is 377 g/mol. The highest BCUT2D eigenvalue weighted by Gasteiger charge is 2.33. The van der Waals surface area contributed by atoms with Gasteiger partial charge in [-0.2, -0.15) is 13.2 Å². The van der Waals surface area contributed by atoms with E-state index in [-0.39, 0.29) is 5.92 Å². The Labute approximate surface area is 151 Å². The van der Waals surface area contributed by atoms with Crippen LogP contribution in [0.3, 0.4) is 0 Å². The van der Waals surface area contributed by atoms with Crippen molar-refractivity contribution in [2.75, 3.05) is 33.2 Å². The number of alkyl halides is 3. The summed E-state index contributed by atoms with van der Waals surface area (Å²) in [7, 11) is 1.46. The maximum absolute atomic E-state index is 12.3. The predicted molar refractivity (Wildman–Crippen MR) is 92.6 cm³/mol. The molecule has 1 aliphatic rings. The summed E-state index contributed by atoms with van der Waals surface area (Å²) in [6, 6.07) is 7.76. The summed E-state index contributed by atoms with van der Waals surface area (Å²) in [5.41, 5.74) is 1.21. The Bertz CT molecular complexity index is 562. The van der Waals surface area contributed by atoms with E-state index in [0.717, 1.165) is 38.9 Å². The molecule has 0 bridgehead atoms. The molecular formula is C18H24ClF3N2O. The van der Waals surface area contributed by atoms with Crippen LogP contribution in [0, 0.1) is 5.92 Å². The van der Waals surface area contributed by atoms with Crippen molar-refractivity contribution in [2.24, 2.45) is 5.92 Å². The quantitative estimate of drug-likeness (QED) is 0.749. The molecule has 25 heavy (non-hydrogen) atoms. The molecule has 0 aromatic heterocycles. The van der Waals surface area contributed by atoms with E-state index in [1.165, 1.54) is 17.5 Å². The molecule has 3 nitrogen and oxygen atoms in total. The van der Waals surface area contributed by atoms with Gasteiger partial charge in [0.1, 0.15) is 6.42 Å². The van der Waals surface area contributed by atoms with E-state index in [2.05, 4.69) is 4.90 Å². The summed E-state index contributed by atoms with van der Waals surface area (Å²) in [6.45, 7) is 3.09. The first-order valence-corrected chi connectivity index (χ1v) is 8.88. The van der Waals surface area contributed by atoms with Gasteiger partial charge in [0.2, 0.25) is 5.91 Å². The van der Waals surface area contributed by atoms with Crippen LogP contribution in [-0.4, -0.2) is 55.1 Å². The SMILES string of the molecule is CN(C[C@@H]1CCCN(CCc2ccc(Cl)cc2)C1)C(=O)CC(F)(F)F. The van der Waals surface area contributed by atoms with Crippen LogP contribution in [0.25, 0.3) is 0 Å². The van der Waals surface area contributed by atoms with Crippen LogP contribution in [0.4, 0.5) is 13.2 Å².